The van der Waals surface area contributed by atoms with Crippen LogP contribution in [0.1, 0.15) is 52.4 Å². The summed E-state index contributed by atoms with van der Waals surface area (Å²) in [5.41, 5.74) is 0.673. The first kappa shape index (κ1) is 18.7. The van der Waals surface area contributed by atoms with Crippen molar-refractivity contribution in [2.75, 3.05) is 29.5 Å². The topological polar surface area (TPSA) is 68.8 Å². The zero-order chi connectivity index (χ0) is 20.2. The predicted molar refractivity (Wildman–Crippen MR) is 111 cm³/mol. The molecule has 156 valence electrons. The van der Waals surface area contributed by atoms with E-state index in [4.69, 9.17) is 0 Å². The fourth-order valence-electron chi connectivity index (χ4n) is 6.78. The fraction of sp³-hybridized carbons (Fsp3) is 0.682. The van der Waals surface area contributed by atoms with Gasteiger partial charge in [0.25, 0.3) is 0 Å². The van der Waals surface area contributed by atoms with Crippen LogP contribution in [0.15, 0.2) is 18.3 Å². The number of aromatic nitrogens is 1. The van der Waals surface area contributed by atoms with Gasteiger partial charge in [0, 0.05) is 24.8 Å². The molecule has 0 saturated heterocycles. The summed E-state index contributed by atoms with van der Waals surface area (Å²) < 4.78 is 0. The second-order valence-electron chi connectivity index (χ2n) is 9.39. The summed E-state index contributed by atoms with van der Waals surface area (Å²) in [6.45, 7) is 5.19. The van der Waals surface area contributed by atoms with Gasteiger partial charge < -0.3 is 5.32 Å². The first-order valence-corrected chi connectivity index (χ1v) is 11.1. The Bertz CT molecular complexity index is 790. The van der Waals surface area contributed by atoms with Crippen LogP contribution < -0.4 is 15.2 Å². The van der Waals surface area contributed by atoms with Crippen LogP contribution in [0.2, 0.25) is 0 Å². The molecule has 1 N–H and O–H groups in total. The lowest BCUT2D eigenvalue weighted by Crippen LogP contribution is -2.62. The number of hydrogen-bond donors (Lipinski definition) is 1. The zero-order valence-electron chi connectivity index (χ0n) is 17.4. The number of carbonyl (C=O) groups is 2. The number of rotatable bonds is 5. The molecular weight excluding hydrogens is 366 g/mol. The molecule has 1 aromatic heterocycles. The Morgan fingerprint density at radius 2 is 1.72 bits per heavy atom. The van der Waals surface area contributed by atoms with Crippen molar-refractivity contribution >= 4 is 23.4 Å². The molecule has 1 aliphatic heterocycles. The van der Waals surface area contributed by atoms with Gasteiger partial charge >= 0.3 is 6.03 Å². The largest absolute Gasteiger partial charge is 0.349 e. The van der Waals surface area contributed by atoms with E-state index in [2.05, 4.69) is 10.3 Å². The van der Waals surface area contributed by atoms with E-state index in [1.165, 1.54) is 19.3 Å². The number of hydrazine groups is 1. The first-order valence-electron chi connectivity index (χ1n) is 11.1. The van der Waals surface area contributed by atoms with Crippen LogP contribution in [-0.4, -0.2) is 47.1 Å². The molecule has 4 saturated carbocycles. The third-order valence-corrected chi connectivity index (χ3v) is 7.39. The molecule has 4 aliphatic carbocycles. The van der Waals surface area contributed by atoms with Crippen molar-refractivity contribution in [3.63, 3.8) is 0 Å². The predicted octanol–water partition coefficient (Wildman–Crippen LogP) is 3.17. The Balaban J connectivity index is 1.37. The third kappa shape index (κ3) is 3.06. The van der Waals surface area contributed by atoms with E-state index in [0.717, 1.165) is 42.8 Å². The molecule has 7 nitrogen and oxygen atoms in total. The Labute approximate surface area is 172 Å². The SMILES string of the molecule is CCN1C(=O)N(CC(=O)NC23CC4CC(CC(C4)C2)C3)c2cccnc2N1CC. The van der Waals surface area contributed by atoms with Crippen molar-refractivity contribution in [1.29, 1.82) is 0 Å². The molecule has 1 aromatic rings. The Kier molecular flexibility index (Phi) is 4.44. The molecule has 0 radical (unpaired) electrons. The van der Waals surface area contributed by atoms with E-state index >= 15 is 0 Å². The van der Waals surface area contributed by atoms with Crippen LogP contribution in [0, 0.1) is 17.8 Å². The molecule has 0 unspecified atom stereocenters. The highest BCUT2D eigenvalue weighted by atomic mass is 16.2. The minimum atomic E-state index is -0.157. The van der Waals surface area contributed by atoms with Gasteiger partial charge in [-0.2, -0.15) is 0 Å². The van der Waals surface area contributed by atoms with E-state index < -0.39 is 0 Å². The first-order chi connectivity index (χ1) is 14.0. The smallest absolute Gasteiger partial charge is 0.343 e. The van der Waals surface area contributed by atoms with Crippen LogP contribution in [-0.2, 0) is 4.79 Å². The lowest BCUT2D eigenvalue weighted by atomic mass is 9.53. The number of nitrogens with zero attached hydrogens (tertiary/aromatic N) is 4. The highest BCUT2D eigenvalue weighted by molar-refractivity contribution is 6.03. The number of nitrogens with one attached hydrogen (secondary N) is 1. The standard InChI is InChI=1S/C22H31N5O2/c1-3-26-20-18(6-5-7-23-20)25(21(29)27(26)4-2)14-19(28)24-22-11-15-8-16(12-22)10-17(9-15)13-22/h5-7,15-17H,3-4,8-14H2,1-2H3,(H,24,28). The number of anilines is 2. The maximum atomic E-state index is 13.2. The Hall–Kier alpha value is -2.31. The van der Waals surface area contributed by atoms with E-state index in [-0.39, 0.29) is 24.0 Å². The minimum Gasteiger partial charge on any atom is -0.349 e. The van der Waals surface area contributed by atoms with Crippen LogP contribution in [0.5, 0.6) is 0 Å². The lowest BCUT2D eigenvalue weighted by molar-refractivity contribution is -0.125. The molecule has 7 heteroatoms. The van der Waals surface area contributed by atoms with Gasteiger partial charge in [-0.1, -0.05) is 0 Å². The molecule has 4 bridgehead atoms. The number of amides is 3. The van der Waals surface area contributed by atoms with Gasteiger partial charge in [-0.3, -0.25) is 14.7 Å². The van der Waals surface area contributed by atoms with Crippen molar-refractivity contribution in [2.24, 2.45) is 17.8 Å². The molecule has 29 heavy (non-hydrogen) atoms. The number of carbonyl (C=O) groups excluding carboxylic acids is 2. The zero-order valence-corrected chi connectivity index (χ0v) is 17.4. The maximum Gasteiger partial charge on any atom is 0.343 e. The maximum absolute atomic E-state index is 13.2. The number of hydrogen-bond acceptors (Lipinski definition) is 4. The molecule has 3 amide bonds. The van der Waals surface area contributed by atoms with E-state index in [9.17, 15) is 9.59 Å². The Morgan fingerprint density at radius 1 is 1.10 bits per heavy atom. The fourth-order valence-corrected chi connectivity index (χ4v) is 6.78. The molecule has 6 rings (SSSR count). The number of urea groups is 1. The second-order valence-corrected chi connectivity index (χ2v) is 9.39. The van der Waals surface area contributed by atoms with Crippen LogP contribution in [0.4, 0.5) is 16.3 Å². The Morgan fingerprint density at radius 3 is 2.31 bits per heavy atom. The monoisotopic (exact) mass is 397 g/mol. The van der Waals surface area contributed by atoms with Crippen LogP contribution >= 0.6 is 0 Å². The highest BCUT2D eigenvalue weighted by Crippen LogP contribution is 2.55. The van der Waals surface area contributed by atoms with Crippen LogP contribution in [0.25, 0.3) is 0 Å². The molecule has 0 spiro atoms. The molecule has 4 fully saturated rings. The second kappa shape index (κ2) is 6.89. The summed E-state index contributed by atoms with van der Waals surface area (Å²) in [7, 11) is 0. The summed E-state index contributed by atoms with van der Waals surface area (Å²) in [6.07, 6.45) is 9.11. The third-order valence-electron chi connectivity index (χ3n) is 7.39. The molecular formula is C22H31N5O2. The quantitative estimate of drug-likeness (QED) is 0.829. The molecule has 0 atom stereocenters. The van der Waals surface area contributed by atoms with Crippen molar-refractivity contribution < 1.29 is 9.59 Å². The summed E-state index contributed by atoms with van der Waals surface area (Å²) >= 11 is 0. The number of pyridine rings is 1. The summed E-state index contributed by atoms with van der Waals surface area (Å²) in [6, 6.07) is 3.55. The van der Waals surface area contributed by atoms with Crippen molar-refractivity contribution in [3.8, 4) is 0 Å². The van der Waals surface area contributed by atoms with E-state index in [1.807, 2.05) is 31.0 Å². The van der Waals surface area contributed by atoms with Gasteiger partial charge in [0.05, 0.1) is 5.69 Å². The average Bonchev–Trinajstić information content (AvgIpc) is 2.68. The highest BCUT2D eigenvalue weighted by Gasteiger charge is 2.51. The summed E-state index contributed by atoms with van der Waals surface area (Å²) in [5, 5.41) is 6.96. The van der Waals surface area contributed by atoms with Gasteiger partial charge in [-0.15, -0.1) is 0 Å². The normalized spacial score (nSPS) is 32.6. The van der Waals surface area contributed by atoms with Crippen molar-refractivity contribution in [3.05, 3.63) is 18.3 Å². The van der Waals surface area contributed by atoms with Gasteiger partial charge in [0.2, 0.25) is 5.91 Å². The van der Waals surface area contributed by atoms with Gasteiger partial charge in [-0.05, 0) is 82.3 Å². The van der Waals surface area contributed by atoms with E-state index in [0.29, 0.717) is 18.8 Å². The molecule has 2 heterocycles. The van der Waals surface area contributed by atoms with Gasteiger partial charge in [-0.25, -0.2) is 14.8 Å². The van der Waals surface area contributed by atoms with E-state index in [1.54, 1.807) is 16.1 Å². The summed E-state index contributed by atoms with van der Waals surface area (Å²) in [4.78, 5) is 32.4. The average molecular weight is 398 g/mol. The molecule has 0 aromatic carbocycles. The van der Waals surface area contributed by atoms with Crippen molar-refractivity contribution in [2.45, 2.75) is 57.9 Å². The summed E-state index contributed by atoms with van der Waals surface area (Å²) in [5.74, 6) is 3.01. The lowest BCUT2D eigenvalue weighted by Gasteiger charge is -2.57. The van der Waals surface area contributed by atoms with Crippen LogP contribution in [0.3, 0.4) is 0 Å². The van der Waals surface area contributed by atoms with Crippen molar-refractivity contribution in [1.82, 2.24) is 15.3 Å². The van der Waals surface area contributed by atoms with Gasteiger partial charge in [0.1, 0.15) is 6.54 Å². The minimum absolute atomic E-state index is 0.0394. The number of fused-ring (bicyclic) bond motifs is 1. The van der Waals surface area contributed by atoms with Gasteiger partial charge in [0.15, 0.2) is 5.82 Å². The molecule has 5 aliphatic rings.